The van der Waals surface area contributed by atoms with Crippen molar-refractivity contribution in [2.45, 2.75) is 87.9 Å². The summed E-state index contributed by atoms with van der Waals surface area (Å²) in [5.74, 6) is 7.38. The number of hydrogen-bond donors (Lipinski definition) is 0. The highest BCUT2D eigenvalue weighted by Crippen LogP contribution is 2.63. The fraction of sp³-hybridized carbons (Fsp3) is 0.357. The van der Waals surface area contributed by atoms with Crippen molar-refractivity contribution >= 4 is 51.0 Å². The van der Waals surface area contributed by atoms with Crippen molar-refractivity contribution in [2.75, 3.05) is 4.81 Å². The molecule has 18 rings (SSSR count). The molecule has 8 fully saturated rings. The topological polar surface area (TPSA) is 17.4 Å². The van der Waals surface area contributed by atoms with E-state index >= 15 is 0 Å². The third kappa shape index (κ3) is 4.06. The Hall–Kier alpha value is -5.22. The molecule has 60 heavy (non-hydrogen) atoms. The average molecular weight is 777 g/mol. The number of nitrogens with zero attached hydrogens (tertiary/aromatic N) is 2. The minimum atomic E-state index is 0.0225. The molecule has 11 aliphatic rings. The van der Waals surface area contributed by atoms with Gasteiger partial charge in [-0.15, -0.1) is 0 Å². The van der Waals surface area contributed by atoms with Crippen LogP contribution >= 0.6 is 0 Å². The van der Waals surface area contributed by atoms with E-state index in [4.69, 9.17) is 4.74 Å². The van der Waals surface area contributed by atoms with Crippen LogP contribution in [0.25, 0.3) is 49.7 Å². The first-order valence-electron chi connectivity index (χ1n) is 23.6. The second-order valence-electron chi connectivity index (χ2n) is 21.7. The second kappa shape index (κ2) is 11.0. The summed E-state index contributed by atoms with van der Waals surface area (Å²) in [6, 6.07) is 45.2. The Morgan fingerprint density at radius 2 is 1.13 bits per heavy atom. The first kappa shape index (κ1) is 32.5. The lowest BCUT2D eigenvalue weighted by Crippen LogP contribution is -2.61. The molecule has 1 aromatic heterocycles. The summed E-state index contributed by atoms with van der Waals surface area (Å²) >= 11 is 0. The highest BCUT2D eigenvalue weighted by molar-refractivity contribution is 6.93. The minimum absolute atomic E-state index is 0.0225. The maximum absolute atomic E-state index is 6.84. The van der Waals surface area contributed by atoms with Crippen LogP contribution in [0.2, 0.25) is 0 Å². The van der Waals surface area contributed by atoms with Gasteiger partial charge in [-0.3, -0.25) is 0 Å². The number of rotatable bonds is 3. The molecule has 0 unspecified atom stereocenters. The predicted octanol–water partition coefficient (Wildman–Crippen LogP) is 12.7. The van der Waals surface area contributed by atoms with Gasteiger partial charge in [0.25, 0.3) is 0 Å². The zero-order valence-corrected chi connectivity index (χ0v) is 34.3. The monoisotopic (exact) mass is 776 g/mol. The van der Waals surface area contributed by atoms with Gasteiger partial charge in [-0.1, -0.05) is 66.7 Å². The van der Waals surface area contributed by atoms with Gasteiger partial charge < -0.3 is 14.1 Å². The quantitative estimate of drug-likeness (QED) is 0.166. The molecule has 3 nitrogen and oxygen atoms in total. The molecule has 4 heterocycles. The van der Waals surface area contributed by atoms with E-state index < -0.39 is 0 Å². The second-order valence-corrected chi connectivity index (χ2v) is 21.7. The highest BCUT2D eigenvalue weighted by atomic mass is 16.5. The average Bonchev–Trinajstić information content (AvgIpc) is 3.59. The van der Waals surface area contributed by atoms with E-state index in [2.05, 4.69) is 125 Å². The van der Waals surface area contributed by atoms with E-state index in [9.17, 15) is 0 Å². The number of fused-ring (bicyclic) bond motifs is 9. The van der Waals surface area contributed by atoms with Crippen LogP contribution in [0.4, 0.5) is 11.4 Å². The molecule has 7 aromatic rings. The van der Waals surface area contributed by atoms with Gasteiger partial charge in [-0.25, -0.2) is 0 Å². The summed E-state index contributed by atoms with van der Waals surface area (Å²) in [7, 11) is 0. The number of hydrogen-bond acceptors (Lipinski definition) is 2. The number of aromatic nitrogens is 1. The molecule has 0 radical (unpaired) electrons. The zero-order valence-electron chi connectivity index (χ0n) is 34.3. The largest absolute Gasteiger partial charge is 0.453 e. The predicted molar refractivity (Wildman–Crippen MR) is 245 cm³/mol. The lowest BCUT2D eigenvalue weighted by Gasteiger charge is -2.57. The Kier molecular flexibility index (Phi) is 5.96. The van der Waals surface area contributed by atoms with E-state index in [0.717, 1.165) is 47.0 Å². The van der Waals surface area contributed by atoms with Crippen LogP contribution in [0.3, 0.4) is 0 Å². The molecule has 0 amide bonds. The van der Waals surface area contributed by atoms with E-state index in [1.165, 1.54) is 149 Å². The molecule has 292 valence electrons. The molecule has 4 heteroatoms. The van der Waals surface area contributed by atoms with Gasteiger partial charge >= 0.3 is 6.85 Å². The van der Waals surface area contributed by atoms with Gasteiger partial charge in [-0.2, -0.15) is 0 Å². The Balaban J connectivity index is 1.04. The van der Waals surface area contributed by atoms with Gasteiger partial charge in [0, 0.05) is 22.0 Å². The van der Waals surface area contributed by atoms with Crippen molar-refractivity contribution in [3.05, 3.63) is 126 Å². The number of ether oxygens (including phenoxy) is 1. The van der Waals surface area contributed by atoms with Gasteiger partial charge in [0.2, 0.25) is 0 Å². The molecule has 0 N–H and O–H groups in total. The lowest BCUT2D eigenvalue weighted by molar-refractivity contribution is -0.00526. The molecule has 0 spiro atoms. The summed E-state index contributed by atoms with van der Waals surface area (Å²) in [5.41, 5.74) is 18.6. The highest BCUT2D eigenvalue weighted by Gasteiger charge is 2.54. The van der Waals surface area contributed by atoms with E-state index in [-0.39, 0.29) is 12.3 Å². The summed E-state index contributed by atoms with van der Waals surface area (Å²) in [6.07, 6.45) is 17.2. The Bertz CT molecular complexity index is 2990. The van der Waals surface area contributed by atoms with E-state index in [1.54, 1.807) is 11.1 Å². The standard InChI is InChI=1S/C56H49BN2O/c1-2-7-38(8-3-1)39-21-44-42-9-6-12-51-54(42)59(48-10-4-5-11-50(48)60-51)57-46-25-41(56-29-35-18-36(30-56)20-37(19-35)31-56)24-45-43-23-40(55-26-32-15-33(27-55)17-34(16-32)28-55)13-14-47(43)58(53(45)46)49(22-39)52(44)57/h1-14,21-25,32-37H,15-20,26-31H2. The summed E-state index contributed by atoms with van der Waals surface area (Å²) in [4.78, 5) is 2.71. The Morgan fingerprint density at radius 3 is 1.85 bits per heavy atom. The maximum atomic E-state index is 6.84. The maximum Gasteiger partial charge on any atom is 0.333 e. The van der Waals surface area contributed by atoms with Gasteiger partial charge in [-0.05, 0) is 211 Å². The van der Waals surface area contributed by atoms with Crippen LogP contribution in [0.1, 0.15) is 88.2 Å². The third-order valence-corrected chi connectivity index (χ3v) is 18.4. The van der Waals surface area contributed by atoms with Crippen LogP contribution in [0, 0.1) is 35.5 Å². The molecular formula is C56H49BN2O. The van der Waals surface area contributed by atoms with Crippen molar-refractivity contribution < 1.29 is 4.74 Å². The van der Waals surface area contributed by atoms with Gasteiger partial charge in [0.1, 0.15) is 5.75 Å². The molecule has 8 aliphatic carbocycles. The Labute approximate surface area is 352 Å². The molecule has 8 saturated carbocycles. The zero-order chi connectivity index (χ0) is 38.6. The van der Waals surface area contributed by atoms with Gasteiger partial charge in [0.05, 0.1) is 22.4 Å². The SMILES string of the molecule is c1ccc(-c2cc3c4c(c2)-n2c5ccc(C67CC8CC(CC(C8)C6)C7)cc5c5cc(C67CC8CC(CC(C8)C6)C7)cc(c52)B4N2c4ccccc4Oc4cccc-3c42)cc1. The van der Waals surface area contributed by atoms with Crippen molar-refractivity contribution in [3.8, 4) is 39.4 Å². The Morgan fingerprint density at radius 1 is 0.500 bits per heavy atom. The van der Waals surface area contributed by atoms with Crippen molar-refractivity contribution in [1.29, 1.82) is 0 Å². The van der Waals surface area contributed by atoms with Crippen LogP contribution in [0.5, 0.6) is 11.5 Å². The van der Waals surface area contributed by atoms with Crippen molar-refractivity contribution in [3.63, 3.8) is 0 Å². The lowest BCUT2D eigenvalue weighted by atomic mass is 9.42. The number of benzene rings is 6. The normalized spacial score (nSPS) is 31.4. The molecule has 6 aromatic carbocycles. The minimum Gasteiger partial charge on any atom is -0.453 e. The van der Waals surface area contributed by atoms with Crippen LogP contribution in [-0.2, 0) is 10.8 Å². The van der Waals surface area contributed by atoms with Crippen molar-refractivity contribution in [2.24, 2.45) is 35.5 Å². The molecular weight excluding hydrogens is 727 g/mol. The first-order chi connectivity index (χ1) is 29.5. The van der Waals surface area contributed by atoms with Crippen LogP contribution in [0.15, 0.2) is 115 Å². The summed E-state index contributed by atoms with van der Waals surface area (Å²) in [6.45, 7) is 0.0225. The van der Waals surface area contributed by atoms with E-state index in [1.807, 2.05) is 0 Å². The molecule has 8 bridgehead atoms. The molecule has 0 atom stereocenters. The van der Waals surface area contributed by atoms with Crippen LogP contribution in [-0.4, -0.2) is 11.4 Å². The van der Waals surface area contributed by atoms with Crippen molar-refractivity contribution in [1.82, 2.24) is 4.57 Å². The third-order valence-electron chi connectivity index (χ3n) is 18.4. The summed E-state index contributed by atoms with van der Waals surface area (Å²) in [5, 5.41) is 2.99. The molecule has 0 saturated heterocycles. The first-order valence-corrected chi connectivity index (χ1v) is 23.6. The summed E-state index contributed by atoms with van der Waals surface area (Å²) < 4.78 is 9.59. The van der Waals surface area contributed by atoms with Crippen LogP contribution < -0.4 is 20.5 Å². The smallest absolute Gasteiger partial charge is 0.333 e. The molecule has 3 aliphatic heterocycles. The van der Waals surface area contributed by atoms with E-state index in [0.29, 0.717) is 5.41 Å². The van der Waals surface area contributed by atoms with Gasteiger partial charge in [0.15, 0.2) is 5.75 Å². The number of anilines is 2. The fourth-order valence-electron chi connectivity index (χ4n) is 17.1. The fourth-order valence-corrected chi connectivity index (χ4v) is 17.1. The number of para-hydroxylation sites is 3.